The molecule has 0 aromatic carbocycles. The Kier molecular flexibility index (Phi) is 2.65. The molecule has 3 nitrogen and oxygen atoms in total. The van der Waals surface area contributed by atoms with E-state index in [0.29, 0.717) is 5.88 Å². The number of nitrogens with zero attached hydrogens (tertiary/aromatic N) is 2. The summed E-state index contributed by atoms with van der Waals surface area (Å²) >= 11 is 0. The zero-order valence-electron chi connectivity index (χ0n) is 7.11. The Balaban J connectivity index is 2.95. The number of ether oxygens (including phenoxy) is 1. The predicted octanol–water partition coefficient (Wildman–Crippen LogP) is 1.72. The third kappa shape index (κ3) is 1.73. The average molecular weight is 162 g/mol. The van der Waals surface area contributed by atoms with Crippen molar-refractivity contribution in [3.63, 3.8) is 0 Å². The van der Waals surface area contributed by atoms with Crippen LogP contribution in [0.4, 0.5) is 0 Å². The summed E-state index contributed by atoms with van der Waals surface area (Å²) in [5.74, 6) is 0.370. The van der Waals surface area contributed by atoms with Crippen molar-refractivity contribution in [2.24, 2.45) is 0 Å². The molecule has 0 fully saturated rings. The van der Waals surface area contributed by atoms with E-state index in [1.807, 2.05) is 19.1 Å². The van der Waals surface area contributed by atoms with Crippen LogP contribution in [0.5, 0.6) is 5.88 Å². The molecular formula is C9H10N2O. The highest BCUT2D eigenvalue weighted by Crippen LogP contribution is 2.14. The summed E-state index contributed by atoms with van der Waals surface area (Å²) in [5, 5.41) is 8.62. The summed E-state index contributed by atoms with van der Waals surface area (Å²) in [4.78, 5) is 4.12. The minimum absolute atomic E-state index is 0.180. The molecule has 0 bridgehead atoms. The lowest BCUT2D eigenvalue weighted by Gasteiger charge is -2.03. The van der Waals surface area contributed by atoms with Crippen molar-refractivity contribution >= 4 is 0 Å². The predicted molar refractivity (Wildman–Crippen MR) is 44.8 cm³/mol. The SMILES string of the molecule is COc1cccc(C(C)C#N)n1. The van der Waals surface area contributed by atoms with Gasteiger partial charge in [0.05, 0.1) is 24.8 Å². The summed E-state index contributed by atoms with van der Waals surface area (Å²) in [6.07, 6.45) is 0. The van der Waals surface area contributed by atoms with Crippen molar-refractivity contribution in [3.8, 4) is 11.9 Å². The van der Waals surface area contributed by atoms with Crippen LogP contribution in [0, 0.1) is 11.3 Å². The van der Waals surface area contributed by atoms with Gasteiger partial charge in [-0.05, 0) is 13.0 Å². The summed E-state index contributed by atoms with van der Waals surface area (Å²) in [6, 6.07) is 7.52. The van der Waals surface area contributed by atoms with E-state index in [1.165, 1.54) is 0 Å². The molecular weight excluding hydrogens is 152 g/mol. The van der Waals surface area contributed by atoms with Gasteiger partial charge in [-0.2, -0.15) is 5.26 Å². The topological polar surface area (TPSA) is 45.9 Å². The zero-order chi connectivity index (χ0) is 8.97. The van der Waals surface area contributed by atoms with Crippen molar-refractivity contribution in [1.82, 2.24) is 4.98 Å². The molecule has 1 aromatic heterocycles. The molecule has 0 amide bonds. The lowest BCUT2D eigenvalue weighted by Crippen LogP contribution is -1.95. The number of hydrogen-bond donors (Lipinski definition) is 0. The number of rotatable bonds is 2. The first-order chi connectivity index (χ1) is 5.77. The molecule has 0 aliphatic rings. The Morgan fingerprint density at radius 1 is 1.58 bits per heavy atom. The van der Waals surface area contributed by atoms with Crippen molar-refractivity contribution in [2.75, 3.05) is 7.11 Å². The van der Waals surface area contributed by atoms with E-state index in [-0.39, 0.29) is 5.92 Å². The van der Waals surface area contributed by atoms with Gasteiger partial charge in [0.2, 0.25) is 5.88 Å². The van der Waals surface area contributed by atoms with Gasteiger partial charge in [0, 0.05) is 6.07 Å². The fourth-order valence-corrected chi connectivity index (χ4v) is 0.852. The first kappa shape index (κ1) is 8.54. The maximum absolute atomic E-state index is 8.62. The Bertz CT molecular complexity index is 304. The third-order valence-electron chi connectivity index (χ3n) is 1.59. The number of hydrogen-bond acceptors (Lipinski definition) is 3. The number of nitriles is 1. The highest BCUT2D eigenvalue weighted by atomic mass is 16.5. The minimum Gasteiger partial charge on any atom is -0.481 e. The fourth-order valence-electron chi connectivity index (χ4n) is 0.852. The Labute approximate surface area is 71.6 Å². The van der Waals surface area contributed by atoms with Crippen LogP contribution in [0.25, 0.3) is 0 Å². The molecule has 0 aliphatic carbocycles. The van der Waals surface area contributed by atoms with Crippen molar-refractivity contribution < 1.29 is 4.74 Å². The van der Waals surface area contributed by atoms with Crippen LogP contribution >= 0.6 is 0 Å². The zero-order valence-corrected chi connectivity index (χ0v) is 7.11. The summed E-state index contributed by atoms with van der Waals surface area (Å²) in [5.41, 5.74) is 0.747. The van der Waals surface area contributed by atoms with Crippen molar-refractivity contribution in [1.29, 1.82) is 5.26 Å². The maximum Gasteiger partial charge on any atom is 0.213 e. The smallest absolute Gasteiger partial charge is 0.213 e. The van der Waals surface area contributed by atoms with Gasteiger partial charge in [0.1, 0.15) is 0 Å². The van der Waals surface area contributed by atoms with Crippen LogP contribution < -0.4 is 4.74 Å². The molecule has 0 saturated heterocycles. The Morgan fingerprint density at radius 3 is 2.92 bits per heavy atom. The van der Waals surface area contributed by atoms with Crippen LogP contribution in [0.3, 0.4) is 0 Å². The lowest BCUT2D eigenvalue weighted by atomic mass is 10.1. The molecule has 0 N–H and O–H groups in total. The van der Waals surface area contributed by atoms with E-state index in [2.05, 4.69) is 11.1 Å². The van der Waals surface area contributed by atoms with Gasteiger partial charge in [-0.1, -0.05) is 6.07 Å². The maximum atomic E-state index is 8.62. The van der Waals surface area contributed by atoms with E-state index in [0.717, 1.165) is 5.69 Å². The van der Waals surface area contributed by atoms with Gasteiger partial charge < -0.3 is 4.74 Å². The first-order valence-corrected chi connectivity index (χ1v) is 3.68. The molecule has 0 spiro atoms. The van der Waals surface area contributed by atoms with Gasteiger partial charge in [-0.3, -0.25) is 0 Å². The lowest BCUT2D eigenvalue weighted by molar-refractivity contribution is 0.396. The van der Waals surface area contributed by atoms with Gasteiger partial charge in [-0.25, -0.2) is 4.98 Å². The molecule has 1 heterocycles. The molecule has 3 heteroatoms. The molecule has 1 atom stereocenters. The standard InChI is InChI=1S/C9H10N2O/c1-7(6-10)8-4-3-5-9(11-8)12-2/h3-5,7H,1-2H3. The molecule has 1 aromatic rings. The van der Waals surface area contributed by atoms with Crippen molar-refractivity contribution in [3.05, 3.63) is 23.9 Å². The van der Waals surface area contributed by atoms with E-state index in [9.17, 15) is 0 Å². The third-order valence-corrected chi connectivity index (χ3v) is 1.59. The van der Waals surface area contributed by atoms with Gasteiger partial charge >= 0.3 is 0 Å². The molecule has 1 rings (SSSR count). The van der Waals surface area contributed by atoms with E-state index in [1.54, 1.807) is 13.2 Å². The van der Waals surface area contributed by atoms with Crippen molar-refractivity contribution in [2.45, 2.75) is 12.8 Å². The summed E-state index contributed by atoms with van der Waals surface area (Å²) in [7, 11) is 1.56. The van der Waals surface area contributed by atoms with E-state index < -0.39 is 0 Å². The van der Waals surface area contributed by atoms with Crippen LogP contribution in [0.15, 0.2) is 18.2 Å². The van der Waals surface area contributed by atoms with Gasteiger partial charge in [0.25, 0.3) is 0 Å². The second-order valence-electron chi connectivity index (χ2n) is 2.46. The molecule has 0 radical (unpaired) electrons. The molecule has 1 unspecified atom stereocenters. The highest BCUT2D eigenvalue weighted by molar-refractivity contribution is 5.21. The van der Waals surface area contributed by atoms with E-state index >= 15 is 0 Å². The molecule has 12 heavy (non-hydrogen) atoms. The van der Waals surface area contributed by atoms with Crippen LogP contribution in [-0.2, 0) is 0 Å². The fraction of sp³-hybridized carbons (Fsp3) is 0.333. The normalized spacial score (nSPS) is 11.8. The Hall–Kier alpha value is -1.56. The average Bonchev–Trinajstić information content (AvgIpc) is 2.17. The van der Waals surface area contributed by atoms with E-state index in [4.69, 9.17) is 10.00 Å². The molecule has 0 saturated carbocycles. The summed E-state index contributed by atoms with van der Waals surface area (Å²) in [6.45, 7) is 1.81. The van der Waals surface area contributed by atoms with Gasteiger partial charge in [0.15, 0.2) is 0 Å². The largest absolute Gasteiger partial charge is 0.481 e. The van der Waals surface area contributed by atoms with Gasteiger partial charge in [-0.15, -0.1) is 0 Å². The quantitative estimate of drug-likeness (QED) is 0.665. The second kappa shape index (κ2) is 3.72. The molecule has 0 aliphatic heterocycles. The number of pyridine rings is 1. The minimum atomic E-state index is -0.180. The number of methoxy groups -OCH3 is 1. The first-order valence-electron chi connectivity index (χ1n) is 3.68. The van der Waals surface area contributed by atoms with Crippen LogP contribution in [0.2, 0.25) is 0 Å². The summed E-state index contributed by atoms with van der Waals surface area (Å²) < 4.78 is 4.93. The number of aromatic nitrogens is 1. The monoisotopic (exact) mass is 162 g/mol. The Morgan fingerprint density at radius 2 is 2.33 bits per heavy atom. The van der Waals surface area contributed by atoms with Crippen LogP contribution in [0.1, 0.15) is 18.5 Å². The van der Waals surface area contributed by atoms with Crippen LogP contribution in [-0.4, -0.2) is 12.1 Å². The second-order valence-corrected chi connectivity index (χ2v) is 2.46. The molecule has 62 valence electrons. The highest BCUT2D eigenvalue weighted by Gasteiger charge is 2.05.